The number of nitrogens with zero attached hydrogens (tertiary/aromatic N) is 2. The molecule has 0 bridgehead atoms. The molecule has 1 unspecified atom stereocenters. The molecule has 0 aliphatic rings. The van der Waals surface area contributed by atoms with Gasteiger partial charge in [-0.1, -0.05) is 42.3 Å². The second kappa shape index (κ2) is 7.76. The van der Waals surface area contributed by atoms with E-state index in [0.29, 0.717) is 16.6 Å². The number of nitrogens with two attached hydrogens (primary N) is 1. The highest BCUT2D eigenvalue weighted by Gasteiger charge is 2.19. The lowest BCUT2D eigenvalue weighted by molar-refractivity contribution is 0.201. The summed E-state index contributed by atoms with van der Waals surface area (Å²) < 4.78 is 0. The van der Waals surface area contributed by atoms with Crippen LogP contribution in [0.15, 0.2) is 42.6 Å². The smallest absolute Gasteiger partial charge is 0.0595 e. The average Bonchev–Trinajstić information content (AvgIpc) is 2.51. The second-order valence-corrected chi connectivity index (χ2v) is 5.62. The van der Waals surface area contributed by atoms with Crippen molar-refractivity contribution in [2.75, 3.05) is 13.1 Å². The normalized spacial score (nSPS) is 12.6. The van der Waals surface area contributed by atoms with Gasteiger partial charge in [-0.15, -0.1) is 0 Å². The van der Waals surface area contributed by atoms with Gasteiger partial charge in [-0.3, -0.25) is 9.88 Å². The molecule has 0 radical (unpaired) electrons. The molecule has 0 fully saturated rings. The van der Waals surface area contributed by atoms with Gasteiger partial charge in [0.25, 0.3) is 0 Å². The lowest BCUT2D eigenvalue weighted by Gasteiger charge is -2.30. The molecule has 21 heavy (non-hydrogen) atoms. The Balaban J connectivity index is 2.22. The lowest BCUT2D eigenvalue weighted by Crippen LogP contribution is -2.33. The predicted octanol–water partition coefficient (Wildman–Crippen LogP) is 3.91. The van der Waals surface area contributed by atoms with Gasteiger partial charge in [-0.25, -0.2) is 0 Å². The summed E-state index contributed by atoms with van der Waals surface area (Å²) in [5.74, 6) is 0. The fourth-order valence-corrected chi connectivity index (χ4v) is 2.66. The van der Waals surface area contributed by atoms with Crippen molar-refractivity contribution < 1.29 is 0 Å². The fourth-order valence-electron chi connectivity index (χ4n) is 2.36. The van der Waals surface area contributed by atoms with Gasteiger partial charge in [0.2, 0.25) is 0 Å². The van der Waals surface area contributed by atoms with Crippen molar-refractivity contribution in [3.63, 3.8) is 0 Å². The van der Waals surface area contributed by atoms with Gasteiger partial charge in [0.1, 0.15) is 0 Å². The Hall–Kier alpha value is -1.13. The number of hydrogen-bond acceptors (Lipinski definition) is 3. The van der Waals surface area contributed by atoms with Crippen LogP contribution in [0.4, 0.5) is 0 Å². The third kappa shape index (κ3) is 4.17. The molecule has 1 atom stereocenters. The van der Waals surface area contributed by atoms with Crippen molar-refractivity contribution in [1.29, 1.82) is 0 Å². The molecule has 2 N–H and O–H groups in total. The monoisotopic (exact) mass is 323 g/mol. The van der Waals surface area contributed by atoms with Gasteiger partial charge in [-0.2, -0.15) is 0 Å². The van der Waals surface area contributed by atoms with E-state index >= 15 is 0 Å². The van der Waals surface area contributed by atoms with E-state index in [1.165, 1.54) is 0 Å². The van der Waals surface area contributed by atoms with Crippen LogP contribution in [-0.4, -0.2) is 23.0 Å². The van der Waals surface area contributed by atoms with E-state index in [9.17, 15) is 0 Å². The van der Waals surface area contributed by atoms with Crippen LogP contribution >= 0.6 is 23.2 Å². The van der Waals surface area contributed by atoms with Crippen molar-refractivity contribution in [2.45, 2.75) is 19.5 Å². The Morgan fingerprint density at radius 3 is 2.57 bits per heavy atom. The first-order chi connectivity index (χ1) is 10.2. The second-order valence-electron chi connectivity index (χ2n) is 4.81. The molecule has 2 rings (SSSR count). The van der Waals surface area contributed by atoms with Crippen LogP contribution in [0.1, 0.15) is 24.2 Å². The maximum atomic E-state index is 6.12. The summed E-state index contributed by atoms with van der Waals surface area (Å²) >= 11 is 12.1. The van der Waals surface area contributed by atoms with E-state index < -0.39 is 0 Å². The van der Waals surface area contributed by atoms with E-state index in [-0.39, 0.29) is 6.04 Å². The quantitative estimate of drug-likeness (QED) is 0.876. The molecule has 0 spiro atoms. The number of aromatic nitrogens is 1. The number of likely N-dealkylation sites (N-methyl/N-ethyl adjacent to an activating group) is 1. The van der Waals surface area contributed by atoms with Crippen LogP contribution in [0.3, 0.4) is 0 Å². The summed E-state index contributed by atoms with van der Waals surface area (Å²) in [5.41, 5.74) is 8.08. The van der Waals surface area contributed by atoms with Crippen molar-refractivity contribution in [3.05, 3.63) is 63.9 Å². The predicted molar refractivity (Wildman–Crippen MR) is 88.6 cm³/mol. The highest BCUT2D eigenvalue weighted by Crippen LogP contribution is 2.28. The third-order valence-corrected chi connectivity index (χ3v) is 4.23. The van der Waals surface area contributed by atoms with Crippen LogP contribution in [-0.2, 0) is 6.54 Å². The van der Waals surface area contributed by atoms with Crippen molar-refractivity contribution >= 4 is 23.2 Å². The van der Waals surface area contributed by atoms with Gasteiger partial charge in [-0.05, 0) is 36.4 Å². The summed E-state index contributed by atoms with van der Waals surface area (Å²) in [6.45, 7) is 4.25. The minimum absolute atomic E-state index is 0.0896. The van der Waals surface area contributed by atoms with Crippen LogP contribution in [0.5, 0.6) is 0 Å². The number of pyridine rings is 1. The Bertz CT molecular complexity index is 575. The zero-order valence-electron chi connectivity index (χ0n) is 12.0. The first-order valence-corrected chi connectivity index (χ1v) is 7.70. The van der Waals surface area contributed by atoms with E-state index in [1.54, 1.807) is 6.20 Å². The van der Waals surface area contributed by atoms with Crippen LogP contribution < -0.4 is 5.73 Å². The maximum absolute atomic E-state index is 6.12. The van der Waals surface area contributed by atoms with Gasteiger partial charge in [0, 0.05) is 25.3 Å². The van der Waals surface area contributed by atoms with E-state index in [1.807, 2.05) is 36.4 Å². The maximum Gasteiger partial charge on any atom is 0.0595 e. The Labute approximate surface area is 135 Å². The zero-order chi connectivity index (χ0) is 15.2. The molecule has 0 saturated heterocycles. The molecule has 1 aromatic carbocycles. The number of benzene rings is 1. The minimum atomic E-state index is 0.0896. The van der Waals surface area contributed by atoms with E-state index in [4.69, 9.17) is 28.9 Å². The minimum Gasteiger partial charge on any atom is -0.329 e. The number of hydrogen-bond donors (Lipinski definition) is 1. The topological polar surface area (TPSA) is 42.2 Å². The number of halogens is 2. The van der Waals surface area contributed by atoms with Crippen molar-refractivity contribution in [2.24, 2.45) is 5.73 Å². The summed E-state index contributed by atoms with van der Waals surface area (Å²) in [7, 11) is 0. The molecule has 2 aromatic rings. The Morgan fingerprint density at radius 2 is 2.00 bits per heavy atom. The highest BCUT2D eigenvalue weighted by molar-refractivity contribution is 6.42. The van der Waals surface area contributed by atoms with Crippen LogP contribution in [0, 0.1) is 0 Å². The molecule has 1 heterocycles. The molecule has 5 heteroatoms. The Kier molecular flexibility index (Phi) is 6.00. The van der Waals surface area contributed by atoms with Crippen molar-refractivity contribution in [3.8, 4) is 0 Å². The lowest BCUT2D eigenvalue weighted by atomic mass is 10.0. The largest absolute Gasteiger partial charge is 0.329 e. The first kappa shape index (κ1) is 16.2. The summed E-state index contributed by atoms with van der Waals surface area (Å²) in [6.07, 6.45) is 1.81. The highest BCUT2D eigenvalue weighted by atomic mass is 35.5. The fraction of sp³-hybridized carbons (Fsp3) is 0.312. The summed E-state index contributed by atoms with van der Waals surface area (Å²) in [6, 6.07) is 11.7. The van der Waals surface area contributed by atoms with Gasteiger partial charge in [0.05, 0.1) is 15.7 Å². The molecule has 0 aliphatic carbocycles. The molecule has 3 nitrogen and oxygen atoms in total. The number of rotatable bonds is 6. The standard InChI is InChI=1S/C16H19Cl2N3/c1-2-21(11-13-5-3-4-8-20-13)16(10-19)12-6-7-14(17)15(18)9-12/h3-9,16H,2,10-11,19H2,1H3. The molecule has 0 amide bonds. The average molecular weight is 324 g/mol. The molecular weight excluding hydrogens is 305 g/mol. The zero-order valence-corrected chi connectivity index (χ0v) is 13.5. The van der Waals surface area contributed by atoms with E-state index in [0.717, 1.165) is 24.3 Å². The van der Waals surface area contributed by atoms with Crippen LogP contribution in [0.2, 0.25) is 10.0 Å². The third-order valence-electron chi connectivity index (χ3n) is 3.49. The SMILES string of the molecule is CCN(Cc1ccccn1)C(CN)c1ccc(Cl)c(Cl)c1. The molecule has 1 aromatic heterocycles. The summed E-state index contributed by atoms with van der Waals surface area (Å²) in [4.78, 5) is 6.66. The molecular formula is C16H19Cl2N3. The first-order valence-electron chi connectivity index (χ1n) is 6.94. The van der Waals surface area contributed by atoms with E-state index in [2.05, 4.69) is 16.8 Å². The van der Waals surface area contributed by atoms with Gasteiger partial charge < -0.3 is 5.73 Å². The van der Waals surface area contributed by atoms with Crippen LogP contribution in [0.25, 0.3) is 0 Å². The van der Waals surface area contributed by atoms with Gasteiger partial charge >= 0.3 is 0 Å². The van der Waals surface area contributed by atoms with Gasteiger partial charge in [0.15, 0.2) is 0 Å². The summed E-state index contributed by atoms with van der Waals surface area (Å²) in [5, 5.41) is 1.12. The van der Waals surface area contributed by atoms with Crippen molar-refractivity contribution in [1.82, 2.24) is 9.88 Å². The molecule has 0 aliphatic heterocycles. The molecule has 0 saturated carbocycles. The Morgan fingerprint density at radius 1 is 1.19 bits per heavy atom. The molecule has 112 valence electrons.